The normalized spacial score (nSPS) is 10.5. The van der Waals surface area contributed by atoms with Gasteiger partial charge in [0, 0.05) is 19.3 Å². The maximum absolute atomic E-state index is 13.8. The van der Waals surface area contributed by atoms with Crippen molar-refractivity contribution in [3.63, 3.8) is 0 Å². The smallest absolute Gasteiger partial charge is 0.146 e. The summed E-state index contributed by atoms with van der Waals surface area (Å²) >= 11 is 1.76. The Morgan fingerprint density at radius 2 is 2.19 bits per heavy atom. The zero-order chi connectivity index (χ0) is 12.0. The number of benzene rings is 1. The molecule has 0 atom stereocenters. The molecule has 1 rings (SSSR count). The van der Waals surface area contributed by atoms with Crippen LogP contribution in [-0.2, 0) is 6.42 Å². The predicted octanol–water partition coefficient (Wildman–Crippen LogP) is 2.13. The summed E-state index contributed by atoms with van der Waals surface area (Å²) in [6.45, 7) is 1.41. The highest BCUT2D eigenvalue weighted by atomic mass is 32.2. The SMILES string of the molecule is CSCCN(C)c1ccc(CCN)cc1F. The molecule has 2 N–H and O–H groups in total. The molecule has 0 aliphatic carbocycles. The topological polar surface area (TPSA) is 29.3 Å². The summed E-state index contributed by atoms with van der Waals surface area (Å²) in [6.07, 6.45) is 2.78. The van der Waals surface area contributed by atoms with E-state index in [2.05, 4.69) is 6.26 Å². The van der Waals surface area contributed by atoms with Crippen molar-refractivity contribution in [2.75, 3.05) is 37.0 Å². The lowest BCUT2D eigenvalue weighted by Crippen LogP contribution is -2.21. The largest absolute Gasteiger partial charge is 0.371 e. The van der Waals surface area contributed by atoms with Gasteiger partial charge in [-0.05, 0) is 36.9 Å². The molecule has 0 aromatic heterocycles. The van der Waals surface area contributed by atoms with Gasteiger partial charge in [0.25, 0.3) is 0 Å². The van der Waals surface area contributed by atoms with Crippen molar-refractivity contribution in [1.82, 2.24) is 0 Å². The van der Waals surface area contributed by atoms with Crippen LogP contribution in [0.1, 0.15) is 5.56 Å². The second-order valence-electron chi connectivity index (χ2n) is 3.74. The fourth-order valence-corrected chi connectivity index (χ4v) is 1.99. The first-order valence-corrected chi connectivity index (χ1v) is 6.77. The number of hydrogen-bond donors (Lipinski definition) is 1. The molecule has 4 heteroatoms. The Kier molecular flexibility index (Phi) is 5.63. The molecule has 0 aliphatic rings. The molecular weight excluding hydrogens is 223 g/mol. The summed E-state index contributed by atoms with van der Waals surface area (Å²) in [7, 11) is 1.91. The van der Waals surface area contributed by atoms with Crippen molar-refractivity contribution in [2.45, 2.75) is 6.42 Å². The van der Waals surface area contributed by atoms with Gasteiger partial charge in [0.05, 0.1) is 5.69 Å². The number of hydrogen-bond acceptors (Lipinski definition) is 3. The number of halogens is 1. The van der Waals surface area contributed by atoms with Gasteiger partial charge in [0.15, 0.2) is 0 Å². The van der Waals surface area contributed by atoms with E-state index < -0.39 is 0 Å². The van der Waals surface area contributed by atoms with Crippen LogP contribution in [0.5, 0.6) is 0 Å². The fraction of sp³-hybridized carbons (Fsp3) is 0.500. The van der Waals surface area contributed by atoms with Crippen molar-refractivity contribution in [3.8, 4) is 0 Å². The molecule has 0 saturated carbocycles. The standard InChI is InChI=1S/C12H19FN2S/c1-15(7-8-16-2)12-4-3-10(5-6-14)9-11(12)13/h3-4,9H,5-8,14H2,1-2H3. The van der Waals surface area contributed by atoms with Gasteiger partial charge < -0.3 is 10.6 Å². The number of rotatable bonds is 6. The molecule has 0 spiro atoms. The second-order valence-corrected chi connectivity index (χ2v) is 4.72. The molecule has 0 bridgehead atoms. The number of anilines is 1. The maximum atomic E-state index is 13.8. The molecule has 0 amide bonds. The van der Waals surface area contributed by atoms with Crippen molar-refractivity contribution >= 4 is 17.4 Å². The highest BCUT2D eigenvalue weighted by molar-refractivity contribution is 7.98. The van der Waals surface area contributed by atoms with E-state index in [0.717, 1.165) is 24.3 Å². The summed E-state index contributed by atoms with van der Waals surface area (Å²) in [5.41, 5.74) is 7.06. The average Bonchev–Trinajstić information content (AvgIpc) is 2.26. The average molecular weight is 242 g/mol. The van der Waals surface area contributed by atoms with Crippen LogP contribution in [0.25, 0.3) is 0 Å². The van der Waals surface area contributed by atoms with E-state index in [0.29, 0.717) is 12.2 Å². The van der Waals surface area contributed by atoms with Gasteiger partial charge in [-0.25, -0.2) is 4.39 Å². The zero-order valence-electron chi connectivity index (χ0n) is 9.87. The molecule has 1 aromatic carbocycles. The molecule has 16 heavy (non-hydrogen) atoms. The van der Waals surface area contributed by atoms with Gasteiger partial charge in [0.2, 0.25) is 0 Å². The first kappa shape index (κ1) is 13.3. The van der Waals surface area contributed by atoms with Crippen molar-refractivity contribution in [3.05, 3.63) is 29.6 Å². The Bertz CT molecular complexity index is 331. The van der Waals surface area contributed by atoms with Crippen LogP contribution in [0.3, 0.4) is 0 Å². The molecule has 2 nitrogen and oxygen atoms in total. The van der Waals surface area contributed by atoms with Gasteiger partial charge >= 0.3 is 0 Å². The highest BCUT2D eigenvalue weighted by Crippen LogP contribution is 2.19. The lowest BCUT2D eigenvalue weighted by Gasteiger charge is -2.19. The van der Waals surface area contributed by atoms with Crippen LogP contribution in [0.2, 0.25) is 0 Å². The monoisotopic (exact) mass is 242 g/mol. The molecule has 90 valence electrons. The van der Waals surface area contributed by atoms with Crippen LogP contribution in [-0.4, -0.2) is 32.1 Å². The van der Waals surface area contributed by atoms with Crippen molar-refractivity contribution in [2.24, 2.45) is 5.73 Å². The first-order chi connectivity index (χ1) is 7.69. The lowest BCUT2D eigenvalue weighted by atomic mass is 10.1. The summed E-state index contributed by atoms with van der Waals surface area (Å²) in [5, 5.41) is 0. The van der Waals surface area contributed by atoms with Gasteiger partial charge in [-0.2, -0.15) is 11.8 Å². The lowest BCUT2D eigenvalue weighted by molar-refractivity contribution is 0.621. The van der Waals surface area contributed by atoms with E-state index in [1.54, 1.807) is 17.8 Å². The van der Waals surface area contributed by atoms with Crippen LogP contribution >= 0.6 is 11.8 Å². The number of nitrogens with two attached hydrogens (primary N) is 1. The maximum Gasteiger partial charge on any atom is 0.146 e. The van der Waals surface area contributed by atoms with Crippen molar-refractivity contribution < 1.29 is 4.39 Å². The van der Waals surface area contributed by atoms with E-state index in [1.165, 1.54) is 0 Å². The fourth-order valence-electron chi connectivity index (χ4n) is 1.53. The molecule has 0 radical (unpaired) electrons. The van der Waals surface area contributed by atoms with Gasteiger partial charge in [0.1, 0.15) is 5.82 Å². The van der Waals surface area contributed by atoms with Gasteiger partial charge in [-0.3, -0.25) is 0 Å². The quantitative estimate of drug-likeness (QED) is 0.828. The summed E-state index contributed by atoms with van der Waals surface area (Å²) in [4.78, 5) is 1.94. The van der Waals surface area contributed by atoms with Gasteiger partial charge in [-0.1, -0.05) is 6.07 Å². The van der Waals surface area contributed by atoms with E-state index in [9.17, 15) is 4.39 Å². The van der Waals surface area contributed by atoms with E-state index in [4.69, 9.17) is 5.73 Å². The Morgan fingerprint density at radius 1 is 1.44 bits per heavy atom. The minimum Gasteiger partial charge on any atom is -0.371 e. The van der Waals surface area contributed by atoms with Crippen molar-refractivity contribution in [1.29, 1.82) is 0 Å². The third-order valence-corrected chi connectivity index (χ3v) is 3.08. The minimum atomic E-state index is -0.158. The second kappa shape index (κ2) is 6.76. The van der Waals surface area contributed by atoms with Gasteiger partial charge in [-0.15, -0.1) is 0 Å². The summed E-state index contributed by atoms with van der Waals surface area (Å²) in [6, 6.07) is 5.36. The molecule has 1 aromatic rings. The van der Waals surface area contributed by atoms with E-state index in [-0.39, 0.29) is 5.82 Å². The third kappa shape index (κ3) is 3.68. The molecule has 0 heterocycles. The van der Waals surface area contributed by atoms with Crippen LogP contribution in [0.4, 0.5) is 10.1 Å². The molecule has 0 saturated heterocycles. The molecule has 0 unspecified atom stereocenters. The van der Waals surface area contributed by atoms with Crippen LogP contribution in [0, 0.1) is 5.82 Å². The molecular formula is C12H19FN2S. The van der Waals surface area contributed by atoms with Crippen LogP contribution in [0.15, 0.2) is 18.2 Å². The summed E-state index contributed by atoms with van der Waals surface area (Å²) < 4.78 is 13.8. The Labute approximate surface area is 101 Å². The van der Waals surface area contributed by atoms with E-state index in [1.807, 2.05) is 24.1 Å². The number of nitrogens with zero attached hydrogens (tertiary/aromatic N) is 1. The van der Waals surface area contributed by atoms with Crippen LogP contribution < -0.4 is 10.6 Å². The third-order valence-electron chi connectivity index (χ3n) is 2.49. The number of thioether (sulfide) groups is 1. The Balaban J connectivity index is 2.73. The highest BCUT2D eigenvalue weighted by Gasteiger charge is 2.07. The Hall–Kier alpha value is -0.740. The Morgan fingerprint density at radius 3 is 2.75 bits per heavy atom. The summed E-state index contributed by atoms with van der Waals surface area (Å²) in [5.74, 6) is 0.843. The predicted molar refractivity (Wildman–Crippen MR) is 70.8 cm³/mol. The van der Waals surface area contributed by atoms with E-state index >= 15 is 0 Å². The molecule has 0 fully saturated rings. The first-order valence-electron chi connectivity index (χ1n) is 5.37. The molecule has 0 aliphatic heterocycles. The zero-order valence-corrected chi connectivity index (χ0v) is 10.7. The minimum absolute atomic E-state index is 0.158.